The van der Waals surface area contributed by atoms with Crippen LogP contribution in [0.4, 0.5) is 0 Å². The number of aliphatic hydroxyl groups excluding tert-OH is 1. The minimum atomic E-state index is -0.436. The van der Waals surface area contributed by atoms with E-state index in [1.54, 1.807) is 4.68 Å². The molecule has 1 atom stereocenters. The minimum Gasteiger partial charge on any atom is -0.390 e. The van der Waals surface area contributed by atoms with Crippen LogP contribution < -0.4 is 0 Å². The quantitative estimate of drug-likeness (QED) is 0.689. The van der Waals surface area contributed by atoms with Crippen molar-refractivity contribution in [2.45, 2.75) is 19.6 Å². The number of hydrogen-bond acceptors (Lipinski definition) is 3. The molecule has 94 valence electrons. The standard InChI is InChI=1S/C13H21N3O/c1-4-7-15(8-5-2)10-13(17)11-16-9-6-12(3)14-16/h4-6,9,13,17H,1-2,7-8,10-11H2,3H3. The molecule has 1 unspecified atom stereocenters. The van der Waals surface area contributed by atoms with Gasteiger partial charge in [-0.25, -0.2) is 0 Å². The first kappa shape index (κ1) is 13.7. The first-order valence-corrected chi connectivity index (χ1v) is 5.78. The van der Waals surface area contributed by atoms with Gasteiger partial charge in [-0.3, -0.25) is 9.58 Å². The highest BCUT2D eigenvalue weighted by atomic mass is 16.3. The molecule has 0 fully saturated rings. The third-order valence-electron chi connectivity index (χ3n) is 2.42. The maximum absolute atomic E-state index is 9.96. The van der Waals surface area contributed by atoms with Gasteiger partial charge < -0.3 is 5.11 Å². The molecule has 0 aliphatic carbocycles. The molecule has 1 aromatic heterocycles. The van der Waals surface area contributed by atoms with Crippen molar-refractivity contribution in [3.05, 3.63) is 43.3 Å². The smallest absolute Gasteiger partial charge is 0.0862 e. The van der Waals surface area contributed by atoms with Crippen LogP contribution in [0.25, 0.3) is 0 Å². The van der Waals surface area contributed by atoms with E-state index in [0.29, 0.717) is 13.1 Å². The summed E-state index contributed by atoms with van der Waals surface area (Å²) in [5.41, 5.74) is 0.964. The maximum Gasteiger partial charge on any atom is 0.0862 e. The van der Waals surface area contributed by atoms with Gasteiger partial charge in [-0.15, -0.1) is 13.2 Å². The summed E-state index contributed by atoms with van der Waals surface area (Å²) in [7, 11) is 0. The Balaban J connectivity index is 2.43. The molecule has 0 spiro atoms. The second-order valence-electron chi connectivity index (χ2n) is 4.13. The molecule has 0 radical (unpaired) electrons. The summed E-state index contributed by atoms with van der Waals surface area (Å²) in [4.78, 5) is 2.08. The predicted octanol–water partition coefficient (Wildman–Crippen LogP) is 1.23. The van der Waals surface area contributed by atoms with E-state index >= 15 is 0 Å². The van der Waals surface area contributed by atoms with Crippen LogP contribution in [-0.2, 0) is 6.54 Å². The number of rotatable bonds is 8. The maximum atomic E-state index is 9.96. The van der Waals surface area contributed by atoms with E-state index in [4.69, 9.17) is 0 Å². The average Bonchev–Trinajstić information content (AvgIpc) is 2.64. The predicted molar refractivity (Wildman–Crippen MR) is 69.8 cm³/mol. The molecule has 0 amide bonds. The Morgan fingerprint density at radius 3 is 2.59 bits per heavy atom. The van der Waals surface area contributed by atoms with Gasteiger partial charge in [-0.05, 0) is 13.0 Å². The van der Waals surface area contributed by atoms with Gasteiger partial charge in [0.05, 0.1) is 18.3 Å². The van der Waals surface area contributed by atoms with Gasteiger partial charge in [0.25, 0.3) is 0 Å². The SMILES string of the molecule is C=CCN(CC=C)CC(O)Cn1ccc(C)n1. The van der Waals surface area contributed by atoms with E-state index < -0.39 is 6.10 Å². The molecule has 0 aliphatic heterocycles. The van der Waals surface area contributed by atoms with Crippen molar-refractivity contribution in [1.82, 2.24) is 14.7 Å². The Hall–Kier alpha value is -1.39. The summed E-state index contributed by atoms with van der Waals surface area (Å²) < 4.78 is 1.76. The lowest BCUT2D eigenvalue weighted by Crippen LogP contribution is -2.35. The molecule has 0 saturated heterocycles. The highest BCUT2D eigenvalue weighted by Crippen LogP contribution is 1.99. The van der Waals surface area contributed by atoms with Crippen molar-refractivity contribution >= 4 is 0 Å². The lowest BCUT2D eigenvalue weighted by atomic mass is 10.3. The fraction of sp³-hybridized carbons (Fsp3) is 0.462. The number of aromatic nitrogens is 2. The van der Waals surface area contributed by atoms with E-state index in [0.717, 1.165) is 18.8 Å². The van der Waals surface area contributed by atoms with Crippen LogP contribution in [0.15, 0.2) is 37.6 Å². The van der Waals surface area contributed by atoms with Crippen molar-refractivity contribution in [3.63, 3.8) is 0 Å². The van der Waals surface area contributed by atoms with Crippen LogP contribution in [0.3, 0.4) is 0 Å². The van der Waals surface area contributed by atoms with E-state index in [9.17, 15) is 5.11 Å². The van der Waals surface area contributed by atoms with Gasteiger partial charge in [0.1, 0.15) is 0 Å². The van der Waals surface area contributed by atoms with E-state index in [1.165, 1.54) is 0 Å². The zero-order valence-electron chi connectivity index (χ0n) is 10.4. The third kappa shape index (κ3) is 4.97. The normalized spacial score (nSPS) is 12.6. The molecule has 1 aromatic rings. The second kappa shape index (κ2) is 7.04. The summed E-state index contributed by atoms with van der Waals surface area (Å²) in [5.74, 6) is 0. The van der Waals surface area contributed by atoms with Crippen LogP contribution in [0.1, 0.15) is 5.69 Å². The van der Waals surface area contributed by atoms with Crippen molar-refractivity contribution in [3.8, 4) is 0 Å². The lowest BCUT2D eigenvalue weighted by Gasteiger charge is -2.22. The lowest BCUT2D eigenvalue weighted by molar-refractivity contribution is 0.105. The zero-order chi connectivity index (χ0) is 12.7. The Labute approximate surface area is 103 Å². The molecule has 4 heteroatoms. The molecular weight excluding hydrogens is 214 g/mol. The van der Waals surface area contributed by atoms with Crippen LogP contribution in [0.5, 0.6) is 0 Å². The largest absolute Gasteiger partial charge is 0.390 e. The number of hydrogen-bond donors (Lipinski definition) is 1. The Morgan fingerprint density at radius 2 is 2.12 bits per heavy atom. The highest BCUT2D eigenvalue weighted by Gasteiger charge is 2.10. The third-order valence-corrected chi connectivity index (χ3v) is 2.42. The minimum absolute atomic E-state index is 0.436. The van der Waals surface area contributed by atoms with E-state index in [-0.39, 0.29) is 0 Å². The molecule has 0 aliphatic rings. The highest BCUT2D eigenvalue weighted by molar-refractivity contribution is 4.95. The number of aliphatic hydroxyl groups is 1. The van der Waals surface area contributed by atoms with Gasteiger partial charge >= 0.3 is 0 Å². The molecular formula is C13H21N3O. The molecule has 17 heavy (non-hydrogen) atoms. The average molecular weight is 235 g/mol. The molecule has 4 nitrogen and oxygen atoms in total. The fourth-order valence-corrected chi connectivity index (χ4v) is 1.73. The van der Waals surface area contributed by atoms with Gasteiger partial charge in [0.2, 0.25) is 0 Å². The summed E-state index contributed by atoms with van der Waals surface area (Å²) in [6, 6.07) is 1.93. The first-order chi connectivity index (χ1) is 8.15. The van der Waals surface area contributed by atoms with Crippen LogP contribution in [0, 0.1) is 6.92 Å². The first-order valence-electron chi connectivity index (χ1n) is 5.78. The second-order valence-corrected chi connectivity index (χ2v) is 4.13. The van der Waals surface area contributed by atoms with Crippen LogP contribution in [-0.4, -0.2) is 45.5 Å². The van der Waals surface area contributed by atoms with Crippen molar-refractivity contribution in [2.24, 2.45) is 0 Å². The molecule has 1 heterocycles. The van der Waals surface area contributed by atoms with Gasteiger partial charge in [0.15, 0.2) is 0 Å². The van der Waals surface area contributed by atoms with Crippen molar-refractivity contribution in [1.29, 1.82) is 0 Å². The Bertz CT molecular complexity index is 349. The topological polar surface area (TPSA) is 41.3 Å². The summed E-state index contributed by atoms with van der Waals surface area (Å²) in [6.07, 6.45) is 5.10. The molecule has 1 rings (SSSR count). The fourth-order valence-electron chi connectivity index (χ4n) is 1.73. The Kier molecular flexibility index (Phi) is 5.66. The van der Waals surface area contributed by atoms with Crippen molar-refractivity contribution in [2.75, 3.05) is 19.6 Å². The Morgan fingerprint density at radius 1 is 1.47 bits per heavy atom. The van der Waals surface area contributed by atoms with E-state index in [2.05, 4.69) is 23.2 Å². The summed E-state index contributed by atoms with van der Waals surface area (Å²) in [5, 5.41) is 14.2. The van der Waals surface area contributed by atoms with Gasteiger partial charge in [-0.1, -0.05) is 12.2 Å². The van der Waals surface area contributed by atoms with E-state index in [1.807, 2.05) is 31.3 Å². The summed E-state index contributed by atoms with van der Waals surface area (Å²) in [6.45, 7) is 11.9. The molecule has 1 N–H and O–H groups in total. The molecule has 0 saturated carbocycles. The summed E-state index contributed by atoms with van der Waals surface area (Å²) >= 11 is 0. The molecule has 0 bridgehead atoms. The number of aryl methyl sites for hydroxylation is 1. The zero-order valence-corrected chi connectivity index (χ0v) is 10.4. The number of nitrogens with zero attached hydrogens (tertiary/aromatic N) is 3. The monoisotopic (exact) mass is 235 g/mol. The van der Waals surface area contributed by atoms with Gasteiger partial charge in [0, 0.05) is 25.8 Å². The van der Waals surface area contributed by atoms with Gasteiger partial charge in [-0.2, -0.15) is 5.10 Å². The molecule has 0 aromatic carbocycles. The van der Waals surface area contributed by atoms with Crippen LogP contribution in [0.2, 0.25) is 0 Å². The van der Waals surface area contributed by atoms with Crippen molar-refractivity contribution < 1.29 is 5.11 Å². The van der Waals surface area contributed by atoms with Crippen LogP contribution >= 0.6 is 0 Å².